The molecule has 0 saturated heterocycles. The van der Waals surface area contributed by atoms with Crippen LogP contribution in [0.1, 0.15) is 18.1 Å². The van der Waals surface area contributed by atoms with Crippen molar-refractivity contribution in [1.29, 1.82) is 0 Å². The molecule has 2 rings (SSSR count). The smallest absolute Gasteiger partial charge is 0.240 e. The third-order valence-electron chi connectivity index (χ3n) is 4.10. The first-order valence-corrected chi connectivity index (χ1v) is 8.76. The molecule has 0 bridgehead atoms. The topological polar surface area (TPSA) is 67.9 Å². The van der Waals surface area contributed by atoms with E-state index in [0.29, 0.717) is 28.8 Å². The Hall–Kier alpha value is -2.73. The minimum absolute atomic E-state index is 0.137. The molecule has 2 amide bonds. The molecule has 0 saturated carbocycles. The Morgan fingerprint density at radius 3 is 2.41 bits per heavy atom. The lowest BCUT2D eigenvalue weighted by Gasteiger charge is -2.23. The van der Waals surface area contributed by atoms with Gasteiger partial charge in [0, 0.05) is 30.1 Å². The number of halogens is 1. The molecule has 0 aliphatic rings. The first-order chi connectivity index (χ1) is 12.9. The highest BCUT2D eigenvalue weighted by molar-refractivity contribution is 6.31. The SMILES string of the molecule is COc1ccccc1CNC(=O)CN(C(C)=O)c1cc(C)c(Cl)cc1OC. The number of rotatable bonds is 7. The molecule has 0 aliphatic heterocycles. The summed E-state index contributed by atoms with van der Waals surface area (Å²) in [5.41, 5.74) is 2.13. The van der Waals surface area contributed by atoms with E-state index in [1.54, 1.807) is 19.2 Å². The highest BCUT2D eigenvalue weighted by atomic mass is 35.5. The zero-order valence-corrected chi connectivity index (χ0v) is 16.6. The van der Waals surface area contributed by atoms with Crippen molar-refractivity contribution in [2.45, 2.75) is 20.4 Å². The summed E-state index contributed by atoms with van der Waals surface area (Å²) in [6.45, 7) is 3.38. The van der Waals surface area contributed by atoms with E-state index in [4.69, 9.17) is 21.1 Å². The number of anilines is 1. The van der Waals surface area contributed by atoms with Gasteiger partial charge in [-0.3, -0.25) is 14.5 Å². The molecule has 0 aromatic heterocycles. The van der Waals surface area contributed by atoms with Gasteiger partial charge in [-0.15, -0.1) is 0 Å². The predicted octanol–water partition coefficient (Wildman–Crippen LogP) is 3.33. The number of methoxy groups -OCH3 is 2. The van der Waals surface area contributed by atoms with Crippen LogP contribution < -0.4 is 19.7 Å². The zero-order chi connectivity index (χ0) is 20.0. The minimum atomic E-state index is -0.300. The fourth-order valence-electron chi connectivity index (χ4n) is 2.63. The number of nitrogens with one attached hydrogen (secondary N) is 1. The molecule has 27 heavy (non-hydrogen) atoms. The maximum atomic E-state index is 12.4. The highest BCUT2D eigenvalue weighted by Gasteiger charge is 2.21. The van der Waals surface area contributed by atoms with Gasteiger partial charge in [-0.05, 0) is 24.6 Å². The molecule has 2 aromatic rings. The molecular formula is C20H23ClN2O4. The van der Waals surface area contributed by atoms with Crippen LogP contribution in [0.15, 0.2) is 36.4 Å². The Balaban J connectivity index is 2.16. The summed E-state index contributed by atoms with van der Waals surface area (Å²) < 4.78 is 10.6. The lowest BCUT2D eigenvalue weighted by molar-refractivity contribution is -0.123. The van der Waals surface area contributed by atoms with Gasteiger partial charge >= 0.3 is 0 Å². The number of ether oxygens (including phenoxy) is 2. The van der Waals surface area contributed by atoms with Crippen LogP contribution in [0.2, 0.25) is 5.02 Å². The van der Waals surface area contributed by atoms with Crippen molar-refractivity contribution in [2.24, 2.45) is 0 Å². The molecule has 0 spiro atoms. The van der Waals surface area contributed by atoms with Gasteiger partial charge in [-0.2, -0.15) is 0 Å². The maximum absolute atomic E-state index is 12.4. The molecule has 7 heteroatoms. The second-order valence-corrected chi connectivity index (χ2v) is 6.37. The van der Waals surface area contributed by atoms with E-state index in [1.165, 1.54) is 18.9 Å². The van der Waals surface area contributed by atoms with Crippen molar-refractivity contribution in [1.82, 2.24) is 5.32 Å². The first kappa shape index (κ1) is 20.6. The average molecular weight is 391 g/mol. The summed E-state index contributed by atoms with van der Waals surface area (Å²) in [6, 6.07) is 10.8. The van der Waals surface area contributed by atoms with E-state index in [2.05, 4.69) is 5.32 Å². The third-order valence-corrected chi connectivity index (χ3v) is 4.51. The Morgan fingerprint density at radius 1 is 1.11 bits per heavy atom. The van der Waals surface area contributed by atoms with Crippen molar-refractivity contribution in [2.75, 3.05) is 25.7 Å². The maximum Gasteiger partial charge on any atom is 0.240 e. The normalized spacial score (nSPS) is 10.3. The van der Waals surface area contributed by atoms with E-state index in [9.17, 15) is 9.59 Å². The molecule has 0 heterocycles. The van der Waals surface area contributed by atoms with Crippen LogP contribution in [0.4, 0.5) is 5.69 Å². The monoisotopic (exact) mass is 390 g/mol. The van der Waals surface area contributed by atoms with Crippen molar-refractivity contribution < 1.29 is 19.1 Å². The number of carbonyl (C=O) groups excluding carboxylic acids is 2. The van der Waals surface area contributed by atoms with Crippen molar-refractivity contribution in [3.05, 3.63) is 52.5 Å². The van der Waals surface area contributed by atoms with E-state index in [1.807, 2.05) is 31.2 Å². The van der Waals surface area contributed by atoms with Gasteiger partial charge in [-0.1, -0.05) is 29.8 Å². The summed E-state index contributed by atoms with van der Waals surface area (Å²) in [4.78, 5) is 26.0. The van der Waals surface area contributed by atoms with Crippen LogP contribution in [-0.4, -0.2) is 32.6 Å². The Kier molecular flexibility index (Phi) is 7.07. The van der Waals surface area contributed by atoms with Crippen LogP contribution in [0.3, 0.4) is 0 Å². The molecule has 144 valence electrons. The summed E-state index contributed by atoms with van der Waals surface area (Å²) >= 11 is 6.13. The molecule has 6 nitrogen and oxygen atoms in total. The molecule has 1 N–H and O–H groups in total. The van der Waals surface area contributed by atoms with E-state index < -0.39 is 0 Å². The molecule has 2 aromatic carbocycles. The first-order valence-electron chi connectivity index (χ1n) is 8.38. The Morgan fingerprint density at radius 2 is 1.78 bits per heavy atom. The van der Waals surface area contributed by atoms with Crippen molar-refractivity contribution >= 4 is 29.1 Å². The minimum Gasteiger partial charge on any atom is -0.496 e. The Bertz CT molecular complexity index is 839. The van der Waals surface area contributed by atoms with Gasteiger partial charge in [0.15, 0.2) is 0 Å². The zero-order valence-electron chi connectivity index (χ0n) is 15.8. The van der Waals surface area contributed by atoms with Crippen LogP contribution in [0.25, 0.3) is 0 Å². The number of aryl methyl sites for hydroxylation is 1. The van der Waals surface area contributed by atoms with Crippen LogP contribution in [-0.2, 0) is 16.1 Å². The van der Waals surface area contributed by atoms with Crippen LogP contribution >= 0.6 is 11.6 Å². The second-order valence-electron chi connectivity index (χ2n) is 5.97. The van der Waals surface area contributed by atoms with Gasteiger partial charge in [0.05, 0.1) is 19.9 Å². The molecule has 0 fully saturated rings. The molecule has 0 radical (unpaired) electrons. The van der Waals surface area contributed by atoms with Gasteiger partial charge in [0.25, 0.3) is 0 Å². The van der Waals surface area contributed by atoms with E-state index in [0.717, 1.165) is 11.1 Å². The van der Waals surface area contributed by atoms with Crippen LogP contribution in [0, 0.1) is 6.92 Å². The lowest BCUT2D eigenvalue weighted by Crippen LogP contribution is -2.39. The number of para-hydroxylation sites is 1. The fourth-order valence-corrected chi connectivity index (χ4v) is 2.78. The molecule has 0 unspecified atom stereocenters. The average Bonchev–Trinajstić information content (AvgIpc) is 2.66. The molecule has 0 aliphatic carbocycles. The summed E-state index contributed by atoms with van der Waals surface area (Å²) in [6.07, 6.45) is 0. The summed E-state index contributed by atoms with van der Waals surface area (Å²) in [5, 5.41) is 3.34. The predicted molar refractivity (Wildman–Crippen MR) is 106 cm³/mol. The highest BCUT2D eigenvalue weighted by Crippen LogP contribution is 2.33. The third kappa shape index (κ3) is 5.14. The lowest BCUT2D eigenvalue weighted by atomic mass is 10.1. The molecular weight excluding hydrogens is 368 g/mol. The number of nitrogens with zero attached hydrogens (tertiary/aromatic N) is 1. The standard InChI is InChI=1S/C20H23ClN2O4/c1-13-9-17(19(27-4)10-16(13)21)23(14(2)24)12-20(25)22-11-15-7-5-6-8-18(15)26-3/h5-10H,11-12H2,1-4H3,(H,22,25). The van der Waals surface area contributed by atoms with Crippen LogP contribution in [0.5, 0.6) is 11.5 Å². The summed E-state index contributed by atoms with van der Waals surface area (Å²) in [7, 11) is 3.07. The number of benzene rings is 2. The van der Waals surface area contributed by atoms with Crippen molar-refractivity contribution in [3.8, 4) is 11.5 Å². The van der Waals surface area contributed by atoms with Crippen molar-refractivity contribution in [3.63, 3.8) is 0 Å². The van der Waals surface area contributed by atoms with E-state index >= 15 is 0 Å². The van der Waals surface area contributed by atoms with Gasteiger partial charge in [0.2, 0.25) is 11.8 Å². The van der Waals surface area contributed by atoms with Gasteiger partial charge in [0.1, 0.15) is 18.0 Å². The second kappa shape index (κ2) is 9.28. The van der Waals surface area contributed by atoms with Gasteiger partial charge < -0.3 is 14.8 Å². The number of hydrogen-bond donors (Lipinski definition) is 1. The number of amides is 2. The largest absolute Gasteiger partial charge is 0.496 e. The van der Waals surface area contributed by atoms with E-state index in [-0.39, 0.29) is 18.4 Å². The Labute approximate surface area is 164 Å². The molecule has 0 atom stereocenters. The number of hydrogen-bond acceptors (Lipinski definition) is 4. The summed E-state index contributed by atoms with van der Waals surface area (Å²) in [5.74, 6) is 0.544. The fraction of sp³-hybridized carbons (Fsp3) is 0.300. The quantitative estimate of drug-likeness (QED) is 0.787. The number of carbonyl (C=O) groups is 2. The van der Waals surface area contributed by atoms with Gasteiger partial charge in [-0.25, -0.2) is 0 Å².